The molecule has 1 heterocycles. The van der Waals surface area contributed by atoms with E-state index in [2.05, 4.69) is 22.5 Å². The van der Waals surface area contributed by atoms with Crippen molar-refractivity contribution in [2.24, 2.45) is 0 Å². The first-order valence-corrected chi connectivity index (χ1v) is 11.2. The summed E-state index contributed by atoms with van der Waals surface area (Å²) in [7, 11) is 3.92. The Hall–Kier alpha value is -2.90. The van der Waals surface area contributed by atoms with Crippen LogP contribution in [0.2, 0.25) is 0 Å². The van der Waals surface area contributed by atoms with Gasteiger partial charge in [0, 0.05) is 16.6 Å². The van der Waals surface area contributed by atoms with Gasteiger partial charge in [0.2, 0.25) is 0 Å². The number of rotatable bonds is 9. The van der Waals surface area contributed by atoms with Gasteiger partial charge in [-0.25, -0.2) is 0 Å². The lowest BCUT2D eigenvalue weighted by Crippen LogP contribution is -2.32. The van der Waals surface area contributed by atoms with Gasteiger partial charge in [-0.3, -0.25) is 9.59 Å². The molecule has 6 nitrogen and oxygen atoms in total. The number of amides is 1. The van der Waals surface area contributed by atoms with Gasteiger partial charge in [0.05, 0.1) is 11.6 Å². The summed E-state index contributed by atoms with van der Waals surface area (Å²) in [5.74, 6) is -0.874. The minimum absolute atomic E-state index is 0.0862. The maximum atomic E-state index is 13.1. The summed E-state index contributed by atoms with van der Waals surface area (Å²) in [4.78, 5) is 29.6. The second kappa shape index (κ2) is 10.6. The molecule has 168 valence electrons. The van der Waals surface area contributed by atoms with E-state index >= 15 is 0 Å². The summed E-state index contributed by atoms with van der Waals surface area (Å²) in [6, 6.07) is 13.5. The molecule has 3 rings (SSSR count). The molecule has 2 aromatic carbocycles. The molecule has 1 fully saturated rings. The topological polar surface area (TPSA) is 70.1 Å². The predicted octanol–water partition coefficient (Wildman–Crippen LogP) is 4.39. The zero-order valence-corrected chi connectivity index (χ0v) is 19.8. The van der Waals surface area contributed by atoms with E-state index in [0.717, 1.165) is 11.0 Å². The first kappa shape index (κ1) is 23.8. The highest BCUT2D eigenvalue weighted by Crippen LogP contribution is 2.40. The van der Waals surface area contributed by atoms with Gasteiger partial charge >= 0.3 is 0 Å². The molecule has 1 aliphatic rings. The Morgan fingerprint density at radius 2 is 1.94 bits per heavy atom. The summed E-state index contributed by atoms with van der Waals surface area (Å²) in [6.07, 6.45) is 2.34. The van der Waals surface area contributed by atoms with Crippen LogP contribution in [-0.4, -0.2) is 60.4 Å². The number of hydrogen-bond donors (Lipinski definition) is 1. The molecule has 0 radical (unpaired) electrons. The monoisotopic (exact) mass is 498 g/mol. The van der Waals surface area contributed by atoms with E-state index < -0.39 is 17.7 Å². The summed E-state index contributed by atoms with van der Waals surface area (Å²) >= 11 is 3.37. The Balaban J connectivity index is 2.08. The van der Waals surface area contributed by atoms with Crippen molar-refractivity contribution >= 4 is 33.4 Å². The van der Waals surface area contributed by atoms with Crippen LogP contribution in [-0.2, 0) is 9.59 Å². The molecule has 0 aromatic heterocycles. The van der Waals surface area contributed by atoms with Gasteiger partial charge in [-0.1, -0.05) is 52.9 Å². The van der Waals surface area contributed by atoms with Gasteiger partial charge in [-0.2, -0.15) is 0 Å². The molecule has 2 aromatic rings. The smallest absolute Gasteiger partial charge is 0.295 e. The number of carbonyl (C=O) groups is 2. The van der Waals surface area contributed by atoms with Crippen LogP contribution in [0.1, 0.15) is 23.6 Å². The third-order valence-electron chi connectivity index (χ3n) is 5.20. The number of halogens is 1. The van der Waals surface area contributed by atoms with Crippen molar-refractivity contribution in [1.29, 1.82) is 0 Å². The number of likely N-dealkylation sites (tertiary alicyclic amines) is 1. The van der Waals surface area contributed by atoms with E-state index in [1.165, 1.54) is 0 Å². The van der Waals surface area contributed by atoms with Crippen molar-refractivity contribution in [3.63, 3.8) is 0 Å². The molecular weight excluding hydrogens is 472 g/mol. The van der Waals surface area contributed by atoms with Gasteiger partial charge in [-0.15, -0.1) is 0 Å². The fourth-order valence-electron chi connectivity index (χ4n) is 3.71. The molecule has 0 aliphatic carbocycles. The average molecular weight is 499 g/mol. The second-order valence-electron chi connectivity index (χ2n) is 7.83. The van der Waals surface area contributed by atoms with Crippen LogP contribution in [0.25, 0.3) is 5.76 Å². The van der Waals surface area contributed by atoms with Gasteiger partial charge in [-0.05, 0) is 56.9 Å². The summed E-state index contributed by atoms with van der Waals surface area (Å²) in [5.41, 5.74) is 1.26. The standard InChI is InChI=1S/C25H27BrN2O4/c1-4-15-32-20-8-5-7-18(16-20)22-21(23(29)17-9-11-19(26)12-10-17)24(30)25(31)28(22)14-6-13-27(2)3/h4-5,7-12,16,22,29H,1,6,13-15H2,2-3H3/t22-/m0/s1. The molecule has 1 atom stereocenters. The first-order valence-electron chi connectivity index (χ1n) is 10.4. The lowest BCUT2D eigenvalue weighted by molar-refractivity contribution is -0.139. The third kappa shape index (κ3) is 5.29. The van der Waals surface area contributed by atoms with Gasteiger partial charge in [0.1, 0.15) is 18.1 Å². The highest BCUT2D eigenvalue weighted by Gasteiger charge is 2.45. The molecule has 0 bridgehead atoms. The molecule has 1 N–H and O–H groups in total. The Bertz CT molecular complexity index is 1030. The van der Waals surface area contributed by atoms with E-state index in [1.54, 1.807) is 47.4 Å². The molecule has 1 saturated heterocycles. The summed E-state index contributed by atoms with van der Waals surface area (Å²) < 4.78 is 6.50. The molecular formula is C25H27BrN2O4. The third-order valence-corrected chi connectivity index (χ3v) is 5.73. The fourth-order valence-corrected chi connectivity index (χ4v) is 3.97. The average Bonchev–Trinajstić information content (AvgIpc) is 3.02. The van der Waals surface area contributed by atoms with E-state index in [-0.39, 0.29) is 11.3 Å². The van der Waals surface area contributed by atoms with Crippen molar-refractivity contribution in [1.82, 2.24) is 9.80 Å². The zero-order valence-electron chi connectivity index (χ0n) is 18.3. The lowest BCUT2D eigenvalue weighted by Gasteiger charge is -2.26. The van der Waals surface area contributed by atoms with Crippen LogP contribution in [0, 0.1) is 0 Å². The van der Waals surface area contributed by atoms with Crippen molar-refractivity contribution in [3.8, 4) is 5.75 Å². The number of benzene rings is 2. The lowest BCUT2D eigenvalue weighted by atomic mass is 9.95. The molecule has 7 heteroatoms. The van der Waals surface area contributed by atoms with Gasteiger partial charge < -0.3 is 19.6 Å². The molecule has 0 saturated carbocycles. The van der Waals surface area contributed by atoms with Crippen LogP contribution in [0.5, 0.6) is 5.75 Å². The minimum Gasteiger partial charge on any atom is -0.507 e. The normalized spacial score (nSPS) is 17.8. The van der Waals surface area contributed by atoms with E-state index in [1.807, 2.05) is 31.1 Å². The van der Waals surface area contributed by atoms with Crippen LogP contribution in [0.15, 0.2) is 71.2 Å². The second-order valence-corrected chi connectivity index (χ2v) is 8.74. The molecule has 1 amide bonds. The Morgan fingerprint density at radius 1 is 1.22 bits per heavy atom. The first-order chi connectivity index (χ1) is 15.3. The van der Waals surface area contributed by atoms with Gasteiger partial charge in [0.25, 0.3) is 11.7 Å². The minimum atomic E-state index is -0.701. The Kier molecular flexibility index (Phi) is 7.88. The highest BCUT2D eigenvalue weighted by atomic mass is 79.9. The van der Waals surface area contributed by atoms with Crippen LogP contribution < -0.4 is 4.74 Å². The van der Waals surface area contributed by atoms with Crippen molar-refractivity contribution in [2.45, 2.75) is 12.5 Å². The number of nitrogens with zero attached hydrogens (tertiary/aromatic N) is 2. The number of hydrogen-bond acceptors (Lipinski definition) is 5. The fraction of sp³-hybridized carbons (Fsp3) is 0.280. The maximum Gasteiger partial charge on any atom is 0.295 e. The van der Waals surface area contributed by atoms with Crippen molar-refractivity contribution < 1.29 is 19.4 Å². The van der Waals surface area contributed by atoms with Crippen molar-refractivity contribution in [2.75, 3.05) is 33.8 Å². The SMILES string of the molecule is C=CCOc1cccc([C@H]2C(=C(O)c3ccc(Br)cc3)C(=O)C(=O)N2CCCN(C)C)c1. The van der Waals surface area contributed by atoms with E-state index in [0.29, 0.717) is 36.4 Å². The Labute approximate surface area is 196 Å². The van der Waals surface area contributed by atoms with E-state index in [4.69, 9.17) is 4.74 Å². The number of carbonyl (C=O) groups excluding carboxylic acids is 2. The van der Waals surface area contributed by atoms with Crippen LogP contribution in [0.3, 0.4) is 0 Å². The zero-order chi connectivity index (χ0) is 23.3. The van der Waals surface area contributed by atoms with Crippen LogP contribution in [0.4, 0.5) is 0 Å². The summed E-state index contributed by atoms with van der Waals surface area (Å²) in [5, 5.41) is 11.1. The van der Waals surface area contributed by atoms with E-state index in [9.17, 15) is 14.7 Å². The van der Waals surface area contributed by atoms with Crippen molar-refractivity contribution in [3.05, 3.63) is 82.4 Å². The number of ether oxygens (including phenoxy) is 1. The summed E-state index contributed by atoms with van der Waals surface area (Å²) in [6.45, 7) is 5.16. The van der Waals surface area contributed by atoms with Crippen LogP contribution >= 0.6 is 15.9 Å². The highest BCUT2D eigenvalue weighted by molar-refractivity contribution is 9.10. The number of Topliss-reactive ketones (excluding diaryl/α,β-unsaturated/α-hetero) is 1. The Morgan fingerprint density at radius 3 is 2.59 bits per heavy atom. The van der Waals surface area contributed by atoms with Gasteiger partial charge in [0.15, 0.2) is 0 Å². The largest absolute Gasteiger partial charge is 0.507 e. The molecule has 0 spiro atoms. The maximum absolute atomic E-state index is 13.1. The quantitative estimate of drug-likeness (QED) is 0.240. The predicted molar refractivity (Wildman–Crippen MR) is 128 cm³/mol. The molecule has 1 aliphatic heterocycles. The molecule has 32 heavy (non-hydrogen) atoms. The number of aliphatic hydroxyl groups excluding tert-OH is 1. The molecule has 0 unspecified atom stereocenters. The number of aliphatic hydroxyl groups is 1. The number of ketones is 1.